The smallest absolute Gasteiger partial charge is 0.0482 e. The van der Waals surface area contributed by atoms with Crippen molar-refractivity contribution >= 4 is 0 Å². The second kappa shape index (κ2) is 7.42. The number of likely N-dealkylation sites (tertiary alicyclic amines) is 1. The molecule has 1 fully saturated rings. The third-order valence-electron chi connectivity index (χ3n) is 5.39. The first-order chi connectivity index (χ1) is 10.2. The van der Waals surface area contributed by atoms with Gasteiger partial charge in [0.05, 0.1) is 0 Å². The maximum atomic E-state index is 6.80. The molecule has 2 heteroatoms. The Kier molecular flexibility index (Phi) is 5.83. The summed E-state index contributed by atoms with van der Waals surface area (Å²) in [5.74, 6) is 0. The van der Waals surface area contributed by atoms with Crippen LogP contribution in [0.1, 0.15) is 70.0 Å². The van der Waals surface area contributed by atoms with Crippen molar-refractivity contribution in [1.29, 1.82) is 0 Å². The molecule has 1 heterocycles. The third-order valence-corrected chi connectivity index (χ3v) is 5.39. The molecular weight excluding hydrogens is 256 g/mol. The van der Waals surface area contributed by atoms with E-state index in [1.165, 1.54) is 43.5 Å². The van der Waals surface area contributed by atoms with E-state index < -0.39 is 0 Å². The van der Waals surface area contributed by atoms with Gasteiger partial charge in [-0.25, -0.2) is 0 Å². The van der Waals surface area contributed by atoms with Crippen LogP contribution in [0.4, 0.5) is 0 Å². The quantitative estimate of drug-likeness (QED) is 0.811. The lowest BCUT2D eigenvalue weighted by atomic mass is 9.79. The number of rotatable bonds is 7. The maximum Gasteiger partial charge on any atom is 0.0482 e. The van der Waals surface area contributed by atoms with Crippen molar-refractivity contribution in [3.05, 3.63) is 35.4 Å². The first-order valence-corrected chi connectivity index (χ1v) is 8.77. The topological polar surface area (TPSA) is 29.3 Å². The molecule has 21 heavy (non-hydrogen) atoms. The highest BCUT2D eigenvalue weighted by Gasteiger charge is 2.40. The fourth-order valence-corrected chi connectivity index (χ4v) is 4.04. The lowest BCUT2D eigenvalue weighted by molar-refractivity contribution is 0.0766. The Morgan fingerprint density at radius 3 is 2.38 bits per heavy atom. The molecule has 0 aliphatic carbocycles. The van der Waals surface area contributed by atoms with Crippen molar-refractivity contribution in [1.82, 2.24) is 4.90 Å². The summed E-state index contributed by atoms with van der Waals surface area (Å²) < 4.78 is 0. The van der Waals surface area contributed by atoms with Crippen LogP contribution in [0.2, 0.25) is 0 Å². The first kappa shape index (κ1) is 16.5. The molecule has 1 aliphatic heterocycles. The van der Waals surface area contributed by atoms with Crippen LogP contribution < -0.4 is 5.73 Å². The molecule has 0 spiro atoms. The van der Waals surface area contributed by atoms with E-state index in [-0.39, 0.29) is 11.6 Å². The number of aryl methyl sites for hydroxylation is 1. The van der Waals surface area contributed by atoms with Gasteiger partial charge in [0.25, 0.3) is 0 Å². The highest BCUT2D eigenvalue weighted by Crippen LogP contribution is 2.38. The number of nitrogens with zero attached hydrogens (tertiary/aromatic N) is 1. The predicted octanol–water partition coefficient (Wildman–Crippen LogP) is 4.29. The molecule has 2 nitrogen and oxygen atoms in total. The highest BCUT2D eigenvalue weighted by molar-refractivity contribution is 5.29. The summed E-state index contributed by atoms with van der Waals surface area (Å²) in [6.07, 6.45) is 7.24. The van der Waals surface area contributed by atoms with Gasteiger partial charge in [0.1, 0.15) is 0 Å². The van der Waals surface area contributed by atoms with Crippen LogP contribution in [0.15, 0.2) is 24.3 Å². The van der Waals surface area contributed by atoms with Crippen LogP contribution in [0.3, 0.4) is 0 Å². The first-order valence-electron chi connectivity index (χ1n) is 8.77. The molecule has 1 aromatic rings. The van der Waals surface area contributed by atoms with Crippen molar-refractivity contribution in [2.24, 2.45) is 5.73 Å². The molecule has 1 atom stereocenters. The average Bonchev–Trinajstić information content (AvgIpc) is 3.04. The number of nitrogens with two attached hydrogens (primary N) is 1. The largest absolute Gasteiger partial charge is 0.322 e. The van der Waals surface area contributed by atoms with Crippen LogP contribution in [-0.4, -0.2) is 23.5 Å². The van der Waals surface area contributed by atoms with Crippen molar-refractivity contribution in [3.63, 3.8) is 0 Å². The van der Waals surface area contributed by atoms with Crippen molar-refractivity contribution < 1.29 is 0 Å². The Morgan fingerprint density at radius 1 is 1.14 bits per heavy atom. The average molecular weight is 288 g/mol. The highest BCUT2D eigenvalue weighted by atomic mass is 15.2. The van der Waals surface area contributed by atoms with Gasteiger partial charge in [0.2, 0.25) is 0 Å². The molecule has 2 rings (SSSR count). The van der Waals surface area contributed by atoms with Gasteiger partial charge in [0, 0.05) is 11.6 Å². The zero-order valence-corrected chi connectivity index (χ0v) is 14.1. The van der Waals surface area contributed by atoms with Gasteiger partial charge < -0.3 is 5.73 Å². The SMILES string of the molecule is CCCc1cccc(C(N)C(CC)(CC)N2CCCC2)c1. The van der Waals surface area contributed by atoms with Gasteiger partial charge in [-0.3, -0.25) is 4.90 Å². The molecule has 0 amide bonds. The molecule has 1 saturated heterocycles. The molecule has 0 bridgehead atoms. The van der Waals surface area contributed by atoms with E-state index in [2.05, 4.69) is 49.9 Å². The molecule has 0 aromatic heterocycles. The van der Waals surface area contributed by atoms with Crippen molar-refractivity contribution in [3.8, 4) is 0 Å². The van der Waals surface area contributed by atoms with Gasteiger partial charge >= 0.3 is 0 Å². The molecule has 1 aromatic carbocycles. The molecule has 1 aliphatic rings. The van der Waals surface area contributed by atoms with E-state index in [1.807, 2.05) is 0 Å². The minimum atomic E-state index is 0.113. The summed E-state index contributed by atoms with van der Waals surface area (Å²) in [6, 6.07) is 9.09. The van der Waals surface area contributed by atoms with Crippen LogP contribution in [0.5, 0.6) is 0 Å². The second-order valence-electron chi connectivity index (χ2n) is 6.48. The Bertz CT molecular complexity index is 431. The number of benzene rings is 1. The summed E-state index contributed by atoms with van der Waals surface area (Å²) in [5.41, 5.74) is 9.67. The van der Waals surface area contributed by atoms with Crippen LogP contribution in [0.25, 0.3) is 0 Å². The van der Waals surface area contributed by atoms with Crippen LogP contribution >= 0.6 is 0 Å². The van der Waals surface area contributed by atoms with E-state index in [4.69, 9.17) is 5.73 Å². The lowest BCUT2D eigenvalue weighted by Crippen LogP contribution is -2.53. The fraction of sp³-hybridized carbons (Fsp3) is 0.684. The number of hydrogen-bond donors (Lipinski definition) is 1. The minimum Gasteiger partial charge on any atom is -0.322 e. The zero-order valence-electron chi connectivity index (χ0n) is 14.1. The van der Waals surface area contributed by atoms with E-state index in [1.54, 1.807) is 0 Å². The summed E-state index contributed by atoms with van der Waals surface area (Å²) in [5, 5.41) is 0. The molecular formula is C19H32N2. The Hall–Kier alpha value is -0.860. The molecule has 1 unspecified atom stereocenters. The van der Waals surface area contributed by atoms with Gasteiger partial charge in [-0.1, -0.05) is 51.5 Å². The Balaban J connectivity index is 2.29. The minimum absolute atomic E-state index is 0.113. The summed E-state index contributed by atoms with van der Waals surface area (Å²) >= 11 is 0. The predicted molar refractivity (Wildman–Crippen MR) is 91.5 cm³/mol. The lowest BCUT2D eigenvalue weighted by Gasteiger charge is -2.45. The van der Waals surface area contributed by atoms with Crippen molar-refractivity contribution in [2.75, 3.05) is 13.1 Å². The second-order valence-corrected chi connectivity index (χ2v) is 6.48. The van der Waals surface area contributed by atoms with Gasteiger partial charge in [0.15, 0.2) is 0 Å². The van der Waals surface area contributed by atoms with E-state index in [0.29, 0.717) is 0 Å². The normalized spacial score (nSPS) is 18.1. The third kappa shape index (κ3) is 3.32. The van der Waals surface area contributed by atoms with Crippen LogP contribution in [0, 0.1) is 0 Å². The zero-order chi connectivity index (χ0) is 15.3. The summed E-state index contributed by atoms with van der Waals surface area (Å²) in [4.78, 5) is 2.66. The van der Waals surface area contributed by atoms with Gasteiger partial charge in [-0.05, 0) is 56.3 Å². The summed E-state index contributed by atoms with van der Waals surface area (Å²) in [7, 11) is 0. The molecule has 0 radical (unpaired) electrons. The summed E-state index contributed by atoms with van der Waals surface area (Å²) in [6.45, 7) is 9.27. The van der Waals surface area contributed by atoms with E-state index >= 15 is 0 Å². The van der Waals surface area contributed by atoms with Gasteiger partial charge in [-0.15, -0.1) is 0 Å². The fourth-order valence-electron chi connectivity index (χ4n) is 4.04. The Morgan fingerprint density at radius 2 is 1.81 bits per heavy atom. The Labute approximate surface area is 130 Å². The monoisotopic (exact) mass is 288 g/mol. The molecule has 0 saturated carbocycles. The van der Waals surface area contributed by atoms with E-state index in [0.717, 1.165) is 19.3 Å². The van der Waals surface area contributed by atoms with Crippen LogP contribution in [-0.2, 0) is 6.42 Å². The van der Waals surface area contributed by atoms with E-state index in [9.17, 15) is 0 Å². The van der Waals surface area contributed by atoms with Crippen molar-refractivity contribution in [2.45, 2.75) is 70.9 Å². The number of hydrogen-bond acceptors (Lipinski definition) is 2. The standard InChI is InChI=1S/C19H32N2/c1-4-10-16-11-9-12-17(15-16)18(20)19(5-2,6-3)21-13-7-8-14-21/h9,11-12,15,18H,4-8,10,13-14,20H2,1-3H3. The molecule has 2 N–H and O–H groups in total. The molecule has 118 valence electrons. The maximum absolute atomic E-state index is 6.80. The van der Waals surface area contributed by atoms with Gasteiger partial charge in [-0.2, -0.15) is 0 Å².